The Labute approximate surface area is 289 Å². The van der Waals surface area contributed by atoms with Gasteiger partial charge in [-0.25, -0.2) is 0 Å². The Hall–Kier alpha value is -4.28. The predicted molar refractivity (Wildman–Crippen MR) is 186 cm³/mol. The molecule has 10 heteroatoms. The molecule has 3 aliphatic heterocycles. The lowest BCUT2D eigenvalue weighted by Crippen LogP contribution is -2.56. The molecule has 2 N–H and O–H groups in total. The molecule has 6 atom stereocenters. The first-order valence-corrected chi connectivity index (χ1v) is 17.4. The average Bonchev–Trinajstić information content (AvgIpc) is 3.75. The number of unbranched alkanes of at least 4 members (excludes halogenated alkanes) is 2. The molecule has 3 aliphatic rings. The van der Waals surface area contributed by atoms with Crippen LogP contribution < -0.4 is 10.2 Å². The van der Waals surface area contributed by atoms with Gasteiger partial charge in [-0.1, -0.05) is 54.6 Å². The Morgan fingerprint density at radius 1 is 1.12 bits per heavy atom. The third-order valence-electron chi connectivity index (χ3n) is 10.1. The van der Waals surface area contributed by atoms with Crippen molar-refractivity contribution in [3.05, 3.63) is 90.5 Å². The molecular formula is C39H49N3O7. The monoisotopic (exact) mass is 671 g/mol. The second-order valence-electron chi connectivity index (χ2n) is 13.4. The van der Waals surface area contributed by atoms with Gasteiger partial charge in [-0.05, 0) is 75.1 Å². The second kappa shape index (κ2) is 16.0. The van der Waals surface area contributed by atoms with Crippen molar-refractivity contribution in [2.45, 2.75) is 82.6 Å². The zero-order chi connectivity index (χ0) is 35.1. The number of aliphatic hydroxyl groups excluding tert-OH is 1. The first-order chi connectivity index (χ1) is 23.7. The molecule has 5 rings (SSSR count). The number of ether oxygens (including phenoxy) is 2. The van der Waals surface area contributed by atoms with E-state index in [-0.39, 0.29) is 43.9 Å². The van der Waals surface area contributed by atoms with Crippen molar-refractivity contribution >= 4 is 29.4 Å². The molecule has 2 aromatic rings. The van der Waals surface area contributed by atoms with Gasteiger partial charge in [-0.3, -0.25) is 19.2 Å². The third kappa shape index (κ3) is 7.35. The van der Waals surface area contributed by atoms with Crippen molar-refractivity contribution in [3.8, 4) is 0 Å². The molecule has 262 valence electrons. The van der Waals surface area contributed by atoms with Gasteiger partial charge in [-0.2, -0.15) is 0 Å². The topological polar surface area (TPSA) is 125 Å². The zero-order valence-electron chi connectivity index (χ0n) is 28.6. The maximum atomic E-state index is 14.8. The van der Waals surface area contributed by atoms with E-state index < -0.39 is 41.6 Å². The van der Waals surface area contributed by atoms with Crippen molar-refractivity contribution in [1.29, 1.82) is 0 Å². The molecule has 2 aromatic carbocycles. The van der Waals surface area contributed by atoms with E-state index in [4.69, 9.17) is 9.47 Å². The summed E-state index contributed by atoms with van der Waals surface area (Å²) in [6.07, 6.45) is 6.32. The predicted octanol–water partition coefficient (Wildman–Crippen LogP) is 4.73. The van der Waals surface area contributed by atoms with Crippen molar-refractivity contribution < 1.29 is 33.8 Å². The van der Waals surface area contributed by atoms with Crippen LogP contribution in [0.15, 0.2) is 73.8 Å². The van der Waals surface area contributed by atoms with Crippen LogP contribution >= 0.6 is 0 Å². The van der Waals surface area contributed by atoms with Crippen LogP contribution in [0.25, 0.3) is 0 Å². The number of hydrogen-bond acceptors (Lipinski definition) is 7. The number of benzene rings is 2. The molecule has 0 aliphatic carbocycles. The summed E-state index contributed by atoms with van der Waals surface area (Å²) < 4.78 is 12.2. The van der Waals surface area contributed by atoms with Gasteiger partial charge in [0.2, 0.25) is 11.8 Å². The molecule has 0 unspecified atom stereocenters. The Morgan fingerprint density at radius 2 is 1.90 bits per heavy atom. The minimum Gasteiger partial charge on any atom is -0.463 e. The highest BCUT2D eigenvalue weighted by atomic mass is 16.5. The van der Waals surface area contributed by atoms with Gasteiger partial charge in [-0.15, -0.1) is 13.2 Å². The third-order valence-corrected chi connectivity index (χ3v) is 10.1. The quantitative estimate of drug-likeness (QED) is 0.142. The number of nitrogens with zero attached hydrogens (tertiary/aromatic N) is 2. The zero-order valence-corrected chi connectivity index (χ0v) is 28.6. The molecule has 10 nitrogen and oxygen atoms in total. The minimum absolute atomic E-state index is 0.0435. The number of anilines is 1. The fourth-order valence-corrected chi connectivity index (χ4v) is 7.78. The number of esters is 1. The van der Waals surface area contributed by atoms with E-state index in [0.29, 0.717) is 45.1 Å². The van der Waals surface area contributed by atoms with Crippen molar-refractivity contribution in [1.82, 2.24) is 10.2 Å². The lowest BCUT2D eigenvalue weighted by Gasteiger charge is -2.37. The van der Waals surface area contributed by atoms with Crippen molar-refractivity contribution in [2.24, 2.45) is 11.8 Å². The van der Waals surface area contributed by atoms with Crippen LogP contribution in [0.1, 0.15) is 67.7 Å². The fraction of sp³-hybridized carbons (Fsp3) is 0.487. The Balaban J connectivity index is 1.46. The number of likely N-dealkylation sites (tertiary alicyclic amines) is 1. The van der Waals surface area contributed by atoms with Gasteiger partial charge in [0.05, 0.1) is 24.0 Å². The summed E-state index contributed by atoms with van der Waals surface area (Å²) in [6.45, 7) is 12.0. The highest BCUT2D eigenvalue weighted by molar-refractivity contribution is 6.05. The number of aryl methyl sites for hydroxylation is 2. The van der Waals surface area contributed by atoms with E-state index >= 15 is 0 Å². The van der Waals surface area contributed by atoms with Crippen LogP contribution in [-0.2, 0) is 28.7 Å². The molecule has 1 spiro atoms. The highest BCUT2D eigenvalue weighted by Gasteiger charge is 2.74. The van der Waals surface area contributed by atoms with E-state index in [1.54, 1.807) is 22.0 Å². The molecule has 49 heavy (non-hydrogen) atoms. The summed E-state index contributed by atoms with van der Waals surface area (Å²) in [4.78, 5) is 59.3. The largest absolute Gasteiger partial charge is 0.463 e. The fourth-order valence-electron chi connectivity index (χ4n) is 7.78. The van der Waals surface area contributed by atoms with Crippen LogP contribution in [0, 0.1) is 25.7 Å². The number of aliphatic hydroxyl groups is 1. The summed E-state index contributed by atoms with van der Waals surface area (Å²) in [5.74, 6) is -2.97. The summed E-state index contributed by atoms with van der Waals surface area (Å²) in [7, 11) is 0. The summed E-state index contributed by atoms with van der Waals surface area (Å²) in [5, 5.41) is 12.5. The Kier molecular flexibility index (Phi) is 11.7. The highest BCUT2D eigenvalue weighted by Crippen LogP contribution is 2.59. The minimum atomic E-state index is -1.17. The lowest BCUT2D eigenvalue weighted by molar-refractivity contribution is -0.146. The van der Waals surface area contributed by atoms with E-state index in [1.165, 1.54) is 0 Å². The average molecular weight is 672 g/mol. The number of carbonyl (C=O) groups excluding carboxylic acids is 4. The van der Waals surface area contributed by atoms with Gasteiger partial charge in [0.25, 0.3) is 5.91 Å². The van der Waals surface area contributed by atoms with E-state index in [2.05, 4.69) is 18.5 Å². The molecule has 3 amide bonds. The lowest BCUT2D eigenvalue weighted by atomic mass is 9.70. The van der Waals surface area contributed by atoms with Gasteiger partial charge >= 0.3 is 5.97 Å². The molecule has 3 saturated heterocycles. The Bertz CT molecular complexity index is 1540. The maximum absolute atomic E-state index is 14.8. The number of nitrogens with one attached hydrogen (secondary N) is 1. The number of allylic oxidation sites excluding steroid dienone is 1. The summed E-state index contributed by atoms with van der Waals surface area (Å²) in [6, 6.07) is 13.6. The van der Waals surface area contributed by atoms with Gasteiger partial charge < -0.3 is 29.7 Å². The van der Waals surface area contributed by atoms with Crippen molar-refractivity contribution in [3.63, 3.8) is 0 Å². The van der Waals surface area contributed by atoms with Crippen LogP contribution in [0.4, 0.5) is 5.69 Å². The van der Waals surface area contributed by atoms with Gasteiger partial charge in [0.1, 0.15) is 18.2 Å². The number of amides is 3. The van der Waals surface area contributed by atoms with E-state index in [1.807, 2.05) is 62.4 Å². The van der Waals surface area contributed by atoms with Crippen LogP contribution in [0.3, 0.4) is 0 Å². The normalized spacial score (nSPS) is 24.3. The molecule has 0 radical (unpaired) electrons. The SMILES string of the molecule is C=CCCC(=O)OC[C@@H](NC(=O)[C@@H]1[C@@H]2CC[C@]3(O2)[C@H](C(=O)N(CC=C)c2cc(C)ccc2C)N(CCCCCO)C(=O)[C@@H]13)c1ccccc1. The van der Waals surface area contributed by atoms with E-state index in [0.717, 1.165) is 22.4 Å². The molecule has 3 heterocycles. The van der Waals surface area contributed by atoms with Gasteiger partial charge in [0.15, 0.2) is 0 Å². The molecule has 0 aromatic heterocycles. The molecule has 3 fully saturated rings. The van der Waals surface area contributed by atoms with Crippen LogP contribution in [0.2, 0.25) is 0 Å². The molecule has 0 saturated carbocycles. The van der Waals surface area contributed by atoms with Crippen LogP contribution in [-0.4, -0.2) is 77.7 Å². The smallest absolute Gasteiger partial charge is 0.306 e. The first-order valence-electron chi connectivity index (χ1n) is 17.4. The number of hydrogen-bond donors (Lipinski definition) is 2. The van der Waals surface area contributed by atoms with Crippen LogP contribution in [0.5, 0.6) is 0 Å². The first kappa shape index (κ1) is 36.0. The Morgan fingerprint density at radius 3 is 2.61 bits per heavy atom. The van der Waals surface area contributed by atoms with E-state index in [9.17, 15) is 24.3 Å². The standard InChI is InChI=1S/C39H49N3O7/c1-5-7-16-32(44)48-25-29(28-14-10-8-11-15-28)40-36(45)33-31-19-20-39(49-31)34(33)37(46)42(22-12-9-13-23-43)35(39)38(47)41(21-6-2)30-24-26(3)17-18-27(30)4/h5-6,8,10-11,14-15,17-18,24,29,31,33-35,43H,1-2,7,9,12-13,16,19-23,25H2,3-4H3,(H,40,45)/t29-,31+,33-,34-,35+,39-/m1/s1. The molecule has 2 bridgehead atoms. The summed E-state index contributed by atoms with van der Waals surface area (Å²) >= 11 is 0. The molecular weight excluding hydrogens is 622 g/mol. The second-order valence-corrected chi connectivity index (χ2v) is 13.4. The van der Waals surface area contributed by atoms with Gasteiger partial charge in [0, 0.05) is 31.8 Å². The summed E-state index contributed by atoms with van der Waals surface area (Å²) in [5.41, 5.74) is 2.24. The number of carbonyl (C=O) groups is 4. The van der Waals surface area contributed by atoms with Crippen molar-refractivity contribution in [2.75, 3.05) is 31.2 Å². The number of rotatable bonds is 17. The maximum Gasteiger partial charge on any atom is 0.306 e. The number of fused-ring (bicyclic) bond motifs is 1.